The SMILES string of the molecule is CC(O)c1cc(NC(=O)N2CCC(C(C)(F)S(=O)(=O)c3cccc(F)c3)CC2)ccn1. The van der Waals surface area contributed by atoms with Gasteiger partial charge in [0.15, 0.2) is 0 Å². The van der Waals surface area contributed by atoms with Gasteiger partial charge in [0.2, 0.25) is 14.8 Å². The molecule has 1 fully saturated rings. The third-order valence-corrected chi connectivity index (χ3v) is 7.86. The number of nitrogens with one attached hydrogen (secondary N) is 1. The molecule has 168 valence electrons. The van der Waals surface area contributed by atoms with Crippen LogP contribution in [-0.4, -0.2) is 47.5 Å². The van der Waals surface area contributed by atoms with Crippen LogP contribution < -0.4 is 5.32 Å². The molecule has 10 heteroatoms. The first-order chi connectivity index (χ1) is 14.5. The van der Waals surface area contributed by atoms with Crippen molar-refractivity contribution in [2.45, 2.75) is 42.7 Å². The van der Waals surface area contributed by atoms with Crippen molar-refractivity contribution in [2.24, 2.45) is 5.92 Å². The second-order valence-corrected chi connectivity index (χ2v) is 10.1. The van der Waals surface area contributed by atoms with Crippen molar-refractivity contribution in [1.29, 1.82) is 0 Å². The Bertz CT molecular complexity index is 1050. The minimum atomic E-state index is -4.42. The number of urea groups is 1. The van der Waals surface area contributed by atoms with Gasteiger partial charge in [0.1, 0.15) is 5.82 Å². The van der Waals surface area contributed by atoms with Crippen LogP contribution in [0, 0.1) is 11.7 Å². The highest BCUT2D eigenvalue weighted by Gasteiger charge is 2.48. The third-order valence-electron chi connectivity index (χ3n) is 5.60. The summed E-state index contributed by atoms with van der Waals surface area (Å²) in [6.07, 6.45) is 0.972. The Balaban J connectivity index is 1.65. The molecular weight excluding hydrogens is 428 g/mol. The number of benzene rings is 1. The minimum absolute atomic E-state index is 0.143. The van der Waals surface area contributed by atoms with Crippen LogP contribution in [0.15, 0.2) is 47.5 Å². The molecule has 1 aliphatic rings. The number of aliphatic hydroxyl groups excluding tert-OH is 1. The molecule has 1 aromatic carbocycles. The molecule has 1 aliphatic heterocycles. The van der Waals surface area contributed by atoms with Crippen LogP contribution >= 0.6 is 0 Å². The standard InChI is InChI=1S/C21H25F2N3O4S/c1-14(27)19-13-17(6-9-24-19)25-20(28)26-10-7-15(8-11-26)21(2,23)31(29,30)18-5-3-4-16(22)12-18/h3-6,9,12-15,27H,7-8,10-11H2,1-2H3,(H,24,25,28). The predicted octanol–water partition coefficient (Wildman–Crippen LogP) is 3.68. The molecule has 3 rings (SSSR count). The molecule has 1 saturated heterocycles. The van der Waals surface area contributed by atoms with Crippen LogP contribution in [-0.2, 0) is 9.84 Å². The summed E-state index contributed by atoms with van der Waals surface area (Å²) in [6, 6.07) is 7.04. The Morgan fingerprint density at radius 1 is 1.29 bits per heavy atom. The largest absolute Gasteiger partial charge is 0.387 e. The van der Waals surface area contributed by atoms with Crippen molar-refractivity contribution in [2.75, 3.05) is 18.4 Å². The summed E-state index contributed by atoms with van der Waals surface area (Å²) in [6.45, 7) is 2.90. The zero-order valence-electron chi connectivity index (χ0n) is 17.3. The van der Waals surface area contributed by atoms with Crippen molar-refractivity contribution < 1.29 is 27.1 Å². The molecule has 2 aromatic rings. The first-order valence-electron chi connectivity index (χ1n) is 9.91. The van der Waals surface area contributed by atoms with Crippen molar-refractivity contribution in [3.63, 3.8) is 0 Å². The van der Waals surface area contributed by atoms with Gasteiger partial charge < -0.3 is 15.3 Å². The van der Waals surface area contributed by atoms with Gasteiger partial charge in [-0.3, -0.25) is 4.98 Å². The van der Waals surface area contributed by atoms with Crippen LogP contribution in [0.25, 0.3) is 0 Å². The first kappa shape index (κ1) is 23.1. The van der Waals surface area contributed by atoms with Gasteiger partial charge in [0.25, 0.3) is 0 Å². The zero-order valence-corrected chi connectivity index (χ0v) is 18.1. The Hall–Kier alpha value is -2.59. The lowest BCUT2D eigenvalue weighted by Gasteiger charge is -2.37. The summed E-state index contributed by atoms with van der Waals surface area (Å²) < 4.78 is 54.5. The van der Waals surface area contributed by atoms with E-state index in [1.807, 2.05) is 0 Å². The van der Waals surface area contributed by atoms with Crippen LogP contribution in [0.2, 0.25) is 0 Å². The second kappa shape index (κ2) is 8.88. The Morgan fingerprint density at radius 2 is 1.97 bits per heavy atom. The minimum Gasteiger partial charge on any atom is -0.387 e. The molecule has 31 heavy (non-hydrogen) atoms. The maximum absolute atomic E-state index is 15.5. The van der Waals surface area contributed by atoms with E-state index in [9.17, 15) is 22.7 Å². The number of aliphatic hydroxyl groups is 1. The van der Waals surface area contributed by atoms with Gasteiger partial charge in [-0.15, -0.1) is 0 Å². The summed E-state index contributed by atoms with van der Waals surface area (Å²) in [4.78, 5) is 17.6. The van der Waals surface area contributed by atoms with Gasteiger partial charge >= 0.3 is 6.03 Å². The highest BCUT2D eigenvalue weighted by Crippen LogP contribution is 2.39. The quantitative estimate of drug-likeness (QED) is 0.720. The molecule has 0 saturated carbocycles. The number of nitrogens with zero attached hydrogens (tertiary/aromatic N) is 2. The van der Waals surface area contributed by atoms with Crippen LogP contribution in [0.5, 0.6) is 0 Å². The number of amides is 2. The van der Waals surface area contributed by atoms with Crippen LogP contribution in [0.3, 0.4) is 0 Å². The fourth-order valence-electron chi connectivity index (χ4n) is 3.64. The number of anilines is 1. The van der Waals surface area contributed by atoms with Crippen molar-refractivity contribution >= 4 is 21.6 Å². The number of sulfone groups is 1. The lowest BCUT2D eigenvalue weighted by atomic mass is 9.92. The summed E-state index contributed by atoms with van der Waals surface area (Å²) in [5, 5.41) is 9.72. The van der Waals surface area contributed by atoms with Crippen molar-refractivity contribution in [1.82, 2.24) is 9.88 Å². The smallest absolute Gasteiger partial charge is 0.321 e. The Labute approximate surface area is 180 Å². The molecule has 0 aliphatic carbocycles. The van der Waals surface area contributed by atoms with Gasteiger partial charge in [-0.1, -0.05) is 6.07 Å². The number of halogens is 2. The highest BCUT2D eigenvalue weighted by atomic mass is 32.2. The molecule has 2 N–H and O–H groups in total. The van der Waals surface area contributed by atoms with E-state index in [0.717, 1.165) is 19.1 Å². The molecule has 0 spiro atoms. The number of piperidine rings is 1. The highest BCUT2D eigenvalue weighted by molar-refractivity contribution is 7.92. The molecule has 0 radical (unpaired) electrons. The topological polar surface area (TPSA) is 99.6 Å². The number of hydrogen-bond acceptors (Lipinski definition) is 5. The van der Waals surface area contributed by atoms with Gasteiger partial charge in [-0.2, -0.15) is 0 Å². The van der Waals surface area contributed by atoms with E-state index in [4.69, 9.17) is 0 Å². The average molecular weight is 454 g/mol. The van der Waals surface area contributed by atoms with Crippen LogP contribution in [0.4, 0.5) is 19.3 Å². The van der Waals surface area contributed by atoms with Gasteiger partial charge in [0, 0.05) is 30.9 Å². The van der Waals surface area contributed by atoms with Gasteiger partial charge in [-0.25, -0.2) is 22.0 Å². The molecule has 2 unspecified atom stereocenters. The van der Waals surface area contributed by atoms with Crippen molar-refractivity contribution in [3.8, 4) is 0 Å². The van der Waals surface area contributed by atoms with E-state index in [0.29, 0.717) is 11.4 Å². The summed E-state index contributed by atoms with van der Waals surface area (Å²) in [7, 11) is -4.42. The zero-order chi connectivity index (χ0) is 22.8. The van der Waals surface area contributed by atoms with E-state index < -0.39 is 43.6 Å². The fraction of sp³-hybridized carbons (Fsp3) is 0.429. The van der Waals surface area contributed by atoms with Gasteiger partial charge in [-0.05, 0) is 57.0 Å². The number of carbonyl (C=O) groups is 1. The number of rotatable bonds is 5. The second-order valence-electron chi connectivity index (χ2n) is 7.78. The maximum atomic E-state index is 15.5. The number of alkyl halides is 1. The maximum Gasteiger partial charge on any atom is 0.321 e. The summed E-state index contributed by atoms with van der Waals surface area (Å²) in [5.41, 5.74) is 0.870. The molecule has 2 amide bonds. The predicted molar refractivity (Wildman–Crippen MR) is 111 cm³/mol. The van der Waals surface area contributed by atoms with E-state index in [2.05, 4.69) is 10.3 Å². The summed E-state index contributed by atoms with van der Waals surface area (Å²) in [5.74, 6) is -1.59. The molecule has 2 atom stereocenters. The number of carbonyl (C=O) groups excluding carboxylic acids is 1. The van der Waals surface area contributed by atoms with Gasteiger partial charge in [0.05, 0.1) is 16.7 Å². The molecular formula is C21H25F2N3O4S. The normalized spacial score (nSPS) is 18.3. The summed E-state index contributed by atoms with van der Waals surface area (Å²) >= 11 is 0. The number of aromatic nitrogens is 1. The Morgan fingerprint density at radius 3 is 2.58 bits per heavy atom. The van der Waals surface area contributed by atoms with E-state index in [1.54, 1.807) is 19.1 Å². The number of likely N-dealkylation sites (tertiary alicyclic amines) is 1. The van der Waals surface area contributed by atoms with Crippen LogP contribution in [0.1, 0.15) is 38.5 Å². The monoisotopic (exact) mass is 453 g/mol. The lowest BCUT2D eigenvalue weighted by Crippen LogP contribution is -2.48. The van der Waals surface area contributed by atoms with E-state index in [1.165, 1.54) is 23.2 Å². The van der Waals surface area contributed by atoms with E-state index in [-0.39, 0.29) is 25.9 Å². The number of hydrogen-bond donors (Lipinski definition) is 2. The Kier molecular flexibility index (Phi) is 6.61. The van der Waals surface area contributed by atoms with E-state index >= 15 is 4.39 Å². The first-order valence-corrected chi connectivity index (χ1v) is 11.4. The molecule has 7 nitrogen and oxygen atoms in total. The molecule has 2 heterocycles. The fourth-order valence-corrected chi connectivity index (χ4v) is 5.30. The number of pyridine rings is 1. The average Bonchev–Trinajstić information content (AvgIpc) is 2.74. The third kappa shape index (κ3) is 4.85. The lowest BCUT2D eigenvalue weighted by molar-refractivity contribution is 0.117. The van der Waals surface area contributed by atoms with Crippen molar-refractivity contribution in [3.05, 3.63) is 54.1 Å². The molecule has 0 bridgehead atoms. The molecule has 1 aromatic heterocycles.